The van der Waals surface area contributed by atoms with Crippen molar-refractivity contribution >= 4 is 34.6 Å². The van der Waals surface area contributed by atoms with Gasteiger partial charge in [-0.2, -0.15) is 10.3 Å². The largest absolute Gasteiger partial charge is 0.355 e. The number of nitriles is 1. The Bertz CT molecular complexity index is 528. The molecule has 0 atom stereocenters. The van der Waals surface area contributed by atoms with Gasteiger partial charge in [0.25, 0.3) is 0 Å². The van der Waals surface area contributed by atoms with Gasteiger partial charge in [-0.15, -0.1) is 11.3 Å². The Balaban J connectivity index is 2.08. The molecule has 5 nitrogen and oxygen atoms in total. The van der Waals surface area contributed by atoms with Crippen LogP contribution in [0.5, 0.6) is 0 Å². The van der Waals surface area contributed by atoms with E-state index in [0.29, 0.717) is 10.3 Å². The van der Waals surface area contributed by atoms with E-state index in [1.54, 1.807) is 12.4 Å². The van der Waals surface area contributed by atoms with Crippen LogP contribution in [0.3, 0.4) is 0 Å². The lowest BCUT2D eigenvalue weighted by atomic mass is 10.3. The smallest absolute Gasteiger partial charge is 0.207 e. The van der Waals surface area contributed by atoms with E-state index in [2.05, 4.69) is 26.8 Å². The lowest BCUT2D eigenvalue weighted by Crippen LogP contribution is -2.28. The van der Waals surface area contributed by atoms with E-state index in [-0.39, 0.29) is 0 Å². The first-order valence-electron chi connectivity index (χ1n) is 5.61. The second-order valence-electron chi connectivity index (χ2n) is 3.75. The highest BCUT2D eigenvalue weighted by Gasteiger charge is 2.18. The normalized spacial score (nSPS) is 16.7. The molecule has 0 radical (unpaired) electrons. The van der Waals surface area contributed by atoms with Gasteiger partial charge in [0.15, 0.2) is 4.47 Å². The molecule has 1 aromatic heterocycles. The van der Waals surface area contributed by atoms with Gasteiger partial charge in [-0.1, -0.05) is 11.6 Å². The van der Waals surface area contributed by atoms with Crippen molar-refractivity contribution in [3.05, 3.63) is 15.5 Å². The van der Waals surface area contributed by atoms with Gasteiger partial charge in [-0.3, -0.25) is 0 Å². The maximum atomic E-state index is 8.51. The first kappa shape index (κ1) is 13.0. The quantitative estimate of drug-likeness (QED) is 0.800. The topological polar surface area (TPSA) is 64.6 Å². The van der Waals surface area contributed by atoms with Crippen molar-refractivity contribution in [3.8, 4) is 6.19 Å². The molecular formula is C11H12ClN5S. The average Bonchev–Trinajstić information content (AvgIpc) is 2.96. The molecule has 0 spiro atoms. The Labute approximate surface area is 114 Å². The van der Waals surface area contributed by atoms with E-state index >= 15 is 0 Å². The Hall–Kier alpha value is -1.45. The standard InChI is InChI=1S/C11H12ClN5S/c1-2-17(6-8-5-14-11(12)18-8)10-4-3-9(16-10)15-7-13/h5H,2-4,6H2,1H3. The van der Waals surface area contributed by atoms with Crippen molar-refractivity contribution in [1.29, 1.82) is 5.26 Å². The van der Waals surface area contributed by atoms with Crippen molar-refractivity contribution in [2.24, 2.45) is 9.98 Å². The maximum Gasteiger partial charge on any atom is 0.207 e. The summed E-state index contributed by atoms with van der Waals surface area (Å²) in [5.74, 6) is 1.60. The van der Waals surface area contributed by atoms with Crippen LogP contribution in [-0.2, 0) is 6.54 Å². The molecule has 1 aliphatic heterocycles. The summed E-state index contributed by atoms with van der Waals surface area (Å²) in [7, 11) is 0. The van der Waals surface area contributed by atoms with Crippen LogP contribution < -0.4 is 0 Å². The fraction of sp³-hybridized carbons (Fsp3) is 0.455. The molecule has 2 heterocycles. The molecule has 0 aromatic carbocycles. The number of rotatable bonds is 3. The first-order valence-corrected chi connectivity index (χ1v) is 6.80. The summed E-state index contributed by atoms with van der Waals surface area (Å²) in [5, 5.41) is 8.51. The van der Waals surface area contributed by atoms with Crippen LogP contribution in [0.15, 0.2) is 16.2 Å². The van der Waals surface area contributed by atoms with E-state index in [0.717, 1.165) is 36.6 Å². The van der Waals surface area contributed by atoms with Crippen LogP contribution in [0.4, 0.5) is 0 Å². The third-order valence-electron chi connectivity index (χ3n) is 2.63. The molecule has 2 rings (SSSR count). The van der Waals surface area contributed by atoms with E-state index in [1.807, 2.05) is 0 Å². The number of hydrogen-bond donors (Lipinski definition) is 0. The predicted octanol–water partition coefficient (Wildman–Crippen LogP) is 2.69. The third kappa shape index (κ3) is 3.06. The molecule has 0 saturated heterocycles. The van der Waals surface area contributed by atoms with Gasteiger partial charge in [0, 0.05) is 30.5 Å². The van der Waals surface area contributed by atoms with Crippen molar-refractivity contribution < 1.29 is 0 Å². The molecule has 0 amide bonds. The number of nitrogens with zero attached hydrogens (tertiary/aromatic N) is 5. The first-order chi connectivity index (χ1) is 8.72. The second-order valence-corrected chi connectivity index (χ2v) is 5.45. The molecular weight excluding hydrogens is 270 g/mol. The minimum absolute atomic E-state index is 0.557. The molecule has 94 valence electrons. The molecule has 0 unspecified atom stereocenters. The van der Waals surface area contributed by atoms with E-state index in [1.165, 1.54) is 11.3 Å². The molecule has 18 heavy (non-hydrogen) atoms. The molecule has 0 fully saturated rings. The second kappa shape index (κ2) is 5.94. The van der Waals surface area contributed by atoms with Crippen LogP contribution in [0.2, 0.25) is 4.47 Å². The monoisotopic (exact) mass is 281 g/mol. The van der Waals surface area contributed by atoms with Gasteiger partial charge in [0.2, 0.25) is 6.19 Å². The summed E-state index contributed by atoms with van der Waals surface area (Å²) < 4.78 is 0.557. The number of amidine groups is 2. The zero-order valence-electron chi connectivity index (χ0n) is 9.93. The highest BCUT2D eigenvalue weighted by atomic mass is 35.5. The summed E-state index contributed by atoms with van der Waals surface area (Å²) in [6.07, 6.45) is 5.14. The van der Waals surface area contributed by atoms with Gasteiger partial charge < -0.3 is 4.90 Å². The lowest BCUT2D eigenvalue weighted by Gasteiger charge is -2.21. The van der Waals surface area contributed by atoms with Gasteiger partial charge in [-0.05, 0) is 6.92 Å². The molecule has 1 aliphatic rings. The average molecular weight is 282 g/mol. The molecule has 0 bridgehead atoms. The van der Waals surface area contributed by atoms with Gasteiger partial charge in [0.1, 0.15) is 11.7 Å². The molecule has 1 aromatic rings. The van der Waals surface area contributed by atoms with Gasteiger partial charge in [0.05, 0.1) is 6.54 Å². The predicted molar refractivity (Wildman–Crippen MR) is 72.9 cm³/mol. The zero-order valence-corrected chi connectivity index (χ0v) is 11.5. The lowest BCUT2D eigenvalue weighted by molar-refractivity contribution is 0.433. The SMILES string of the molecule is CCN(Cc1cnc(Cl)s1)C1=NC(=NC#N)CC1. The number of aliphatic imine (C=N–C) groups is 2. The van der Waals surface area contributed by atoms with Crippen LogP contribution >= 0.6 is 22.9 Å². The van der Waals surface area contributed by atoms with Crippen LogP contribution in [0.1, 0.15) is 24.6 Å². The van der Waals surface area contributed by atoms with Crippen LogP contribution in [0.25, 0.3) is 0 Å². The summed E-state index contributed by atoms with van der Waals surface area (Å²) in [6, 6.07) is 0. The molecule has 0 N–H and O–H groups in total. The number of thiazole rings is 1. The van der Waals surface area contributed by atoms with Crippen LogP contribution in [-0.4, -0.2) is 28.1 Å². The number of halogens is 1. The fourth-order valence-electron chi connectivity index (χ4n) is 1.78. The van der Waals surface area contributed by atoms with E-state index in [9.17, 15) is 0 Å². The molecule has 0 aliphatic carbocycles. The summed E-state index contributed by atoms with van der Waals surface area (Å²) in [4.78, 5) is 15.3. The third-order valence-corrected chi connectivity index (χ3v) is 3.73. The Morgan fingerprint density at radius 1 is 1.61 bits per heavy atom. The highest BCUT2D eigenvalue weighted by Crippen LogP contribution is 2.21. The van der Waals surface area contributed by atoms with Gasteiger partial charge in [-0.25, -0.2) is 9.98 Å². The summed E-state index contributed by atoms with van der Waals surface area (Å²) >= 11 is 7.29. The minimum Gasteiger partial charge on any atom is -0.355 e. The summed E-state index contributed by atoms with van der Waals surface area (Å²) in [5.41, 5.74) is 0. The van der Waals surface area contributed by atoms with E-state index < -0.39 is 0 Å². The molecule has 7 heteroatoms. The maximum absolute atomic E-state index is 8.51. The minimum atomic E-state index is 0.557. The van der Waals surface area contributed by atoms with Gasteiger partial charge >= 0.3 is 0 Å². The zero-order chi connectivity index (χ0) is 13.0. The Morgan fingerprint density at radius 3 is 3.06 bits per heavy atom. The van der Waals surface area contributed by atoms with Crippen molar-refractivity contribution in [2.75, 3.05) is 6.54 Å². The Morgan fingerprint density at radius 2 is 2.44 bits per heavy atom. The molecule has 0 saturated carbocycles. The summed E-state index contributed by atoms with van der Waals surface area (Å²) in [6.45, 7) is 3.68. The van der Waals surface area contributed by atoms with Crippen molar-refractivity contribution in [1.82, 2.24) is 9.88 Å². The fourth-order valence-corrected chi connectivity index (χ4v) is 2.78. The Kier molecular flexibility index (Phi) is 4.28. The van der Waals surface area contributed by atoms with Crippen molar-refractivity contribution in [3.63, 3.8) is 0 Å². The highest BCUT2D eigenvalue weighted by molar-refractivity contribution is 7.15. The number of aromatic nitrogens is 1. The van der Waals surface area contributed by atoms with Crippen LogP contribution in [0, 0.1) is 11.5 Å². The number of hydrogen-bond acceptors (Lipinski definition) is 5. The van der Waals surface area contributed by atoms with E-state index in [4.69, 9.17) is 16.9 Å². The van der Waals surface area contributed by atoms with Crippen molar-refractivity contribution in [2.45, 2.75) is 26.3 Å².